The van der Waals surface area contributed by atoms with Crippen LogP contribution in [0.25, 0.3) is 0 Å². The normalized spacial score (nSPS) is 11.2. The summed E-state index contributed by atoms with van der Waals surface area (Å²) in [6.45, 7) is 5.64. The third-order valence-corrected chi connectivity index (χ3v) is 0.977. The van der Waals surface area contributed by atoms with Gasteiger partial charge in [0, 0.05) is 0 Å². The second-order valence-corrected chi connectivity index (χ2v) is 1.82. The number of hydrogen-bond acceptors (Lipinski definition) is 0. The van der Waals surface area contributed by atoms with Crippen LogP contribution in [0, 0.1) is 0 Å². The van der Waals surface area contributed by atoms with Gasteiger partial charge in [0.05, 0.1) is 0 Å². The summed E-state index contributed by atoms with van der Waals surface area (Å²) < 4.78 is 0. The first-order chi connectivity index (χ1) is 4.41. The van der Waals surface area contributed by atoms with Crippen LogP contribution in [0.5, 0.6) is 0 Å². The maximum absolute atomic E-state index is 3.63. The zero-order valence-corrected chi connectivity index (χ0v) is 6.01. The molecule has 0 saturated carbocycles. The largest absolute Gasteiger partial charge is 0.103 e. The molecule has 50 valence electrons. The van der Waals surface area contributed by atoms with E-state index in [2.05, 4.69) is 18.7 Å². The van der Waals surface area contributed by atoms with Gasteiger partial charge in [-0.1, -0.05) is 30.4 Å². The van der Waals surface area contributed by atoms with Crippen LogP contribution in [0.4, 0.5) is 0 Å². The van der Waals surface area contributed by atoms with Gasteiger partial charge in [-0.05, 0) is 19.8 Å². The second kappa shape index (κ2) is 7.22. The van der Waals surface area contributed by atoms with Crippen LogP contribution < -0.4 is 0 Å². The molecule has 0 bridgehead atoms. The fourth-order valence-electron chi connectivity index (χ4n) is 0.500. The van der Waals surface area contributed by atoms with E-state index < -0.39 is 0 Å². The summed E-state index contributed by atoms with van der Waals surface area (Å²) >= 11 is 0. The highest BCUT2D eigenvalue weighted by Crippen LogP contribution is 1.90. The van der Waals surface area contributed by atoms with Gasteiger partial charge in [-0.25, -0.2) is 0 Å². The van der Waals surface area contributed by atoms with Crippen molar-refractivity contribution in [1.29, 1.82) is 0 Å². The van der Waals surface area contributed by atoms with E-state index in [0.717, 1.165) is 12.8 Å². The van der Waals surface area contributed by atoms with Crippen LogP contribution in [0.2, 0.25) is 0 Å². The zero-order chi connectivity index (χ0) is 6.95. The Labute approximate surface area is 57.6 Å². The van der Waals surface area contributed by atoms with Crippen molar-refractivity contribution >= 4 is 0 Å². The van der Waals surface area contributed by atoms with Crippen molar-refractivity contribution in [1.82, 2.24) is 0 Å². The van der Waals surface area contributed by atoms with Crippen LogP contribution in [0.15, 0.2) is 37.0 Å². The van der Waals surface area contributed by atoms with E-state index in [1.54, 1.807) is 0 Å². The van der Waals surface area contributed by atoms with Crippen LogP contribution in [0.3, 0.4) is 0 Å². The van der Waals surface area contributed by atoms with Crippen LogP contribution in [0.1, 0.15) is 19.8 Å². The molecule has 0 aromatic rings. The summed E-state index contributed by atoms with van der Waals surface area (Å²) in [5.74, 6) is 0. The van der Waals surface area contributed by atoms with Gasteiger partial charge in [0.15, 0.2) is 0 Å². The van der Waals surface area contributed by atoms with E-state index in [4.69, 9.17) is 0 Å². The standard InChI is InChI=1S/C9H14/c1-3-5-7-9-8-6-4-2/h3-4,6,8-9H,1,5,7H2,2H3/b6-4-,9-8+. The summed E-state index contributed by atoms with van der Waals surface area (Å²) in [4.78, 5) is 0. The number of unbranched alkanes of at least 4 members (excludes halogenated alkanes) is 1. The van der Waals surface area contributed by atoms with E-state index in [-0.39, 0.29) is 0 Å². The average Bonchev–Trinajstić information content (AvgIpc) is 1.89. The minimum Gasteiger partial charge on any atom is -0.103 e. The maximum Gasteiger partial charge on any atom is -0.0313 e. The monoisotopic (exact) mass is 122 g/mol. The molecule has 0 aromatic heterocycles. The number of rotatable bonds is 4. The van der Waals surface area contributed by atoms with Crippen molar-refractivity contribution in [2.75, 3.05) is 0 Å². The molecular formula is C9H14. The minimum absolute atomic E-state index is 1.08. The fourth-order valence-corrected chi connectivity index (χ4v) is 0.500. The highest BCUT2D eigenvalue weighted by atomic mass is 13.8. The van der Waals surface area contributed by atoms with Crippen molar-refractivity contribution in [3.63, 3.8) is 0 Å². The van der Waals surface area contributed by atoms with E-state index in [1.165, 1.54) is 0 Å². The Hall–Kier alpha value is -0.780. The van der Waals surface area contributed by atoms with E-state index in [0.29, 0.717) is 0 Å². The lowest BCUT2D eigenvalue weighted by Gasteiger charge is -1.80. The van der Waals surface area contributed by atoms with Gasteiger partial charge in [-0.2, -0.15) is 0 Å². The molecule has 0 atom stereocenters. The summed E-state index contributed by atoms with van der Waals surface area (Å²) in [6, 6.07) is 0. The fraction of sp³-hybridized carbons (Fsp3) is 0.333. The Morgan fingerprint density at radius 2 is 2.00 bits per heavy atom. The van der Waals surface area contributed by atoms with Gasteiger partial charge in [-0.15, -0.1) is 6.58 Å². The first-order valence-corrected chi connectivity index (χ1v) is 3.30. The molecule has 0 heterocycles. The van der Waals surface area contributed by atoms with Gasteiger partial charge in [0.25, 0.3) is 0 Å². The molecule has 0 amide bonds. The highest BCUT2D eigenvalue weighted by Gasteiger charge is 1.70. The molecule has 9 heavy (non-hydrogen) atoms. The Morgan fingerprint density at radius 1 is 1.22 bits per heavy atom. The van der Waals surface area contributed by atoms with Crippen molar-refractivity contribution < 1.29 is 0 Å². The lowest BCUT2D eigenvalue weighted by Crippen LogP contribution is -1.60. The SMILES string of the molecule is C=CCC/C=C/C=C\C. The highest BCUT2D eigenvalue weighted by molar-refractivity contribution is 5.01. The summed E-state index contributed by atoms with van der Waals surface area (Å²) in [6.07, 6.45) is 12.4. The molecular weight excluding hydrogens is 108 g/mol. The third-order valence-electron chi connectivity index (χ3n) is 0.977. The maximum atomic E-state index is 3.63. The Bertz CT molecular complexity index is 107. The predicted molar refractivity (Wildman–Crippen MR) is 43.4 cm³/mol. The first kappa shape index (κ1) is 8.22. The third kappa shape index (κ3) is 7.22. The average molecular weight is 122 g/mol. The van der Waals surface area contributed by atoms with Crippen LogP contribution in [-0.2, 0) is 0 Å². The molecule has 0 rings (SSSR count). The molecule has 0 fully saturated rings. The molecule has 0 aliphatic rings. The second-order valence-electron chi connectivity index (χ2n) is 1.82. The molecule has 0 aromatic carbocycles. The van der Waals surface area contributed by atoms with Gasteiger partial charge in [0.2, 0.25) is 0 Å². The van der Waals surface area contributed by atoms with E-state index in [9.17, 15) is 0 Å². The van der Waals surface area contributed by atoms with Gasteiger partial charge >= 0.3 is 0 Å². The summed E-state index contributed by atoms with van der Waals surface area (Å²) in [7, 11) is 0. The van der Waals surface area contributed by atoms with Crippen LogP contribution >= 0.6 is 0 Å². The van der Waals surface area contributed by atoms with Gasteiger partial charge < -0.3 is 0 Å². The topological polar surface area (TPSA) is 0 Å². The lowest BCUT2D eigenvalue weighted by molar-refractivity contribution is 1.06. The molecule has 0 spiro atoms. The molecule has 0 saturated heterocycles. The minimum atomic E-state index is 1.08. The number of allylic oxidation sites excluding steroid dienone is 5. The van der Waals surface area contributed by atoms with Gasteiger partial charge in [-0.3, -0.25) is 0 Å². The number of hydrogen-bond donors (Lipinski definition) is 0. The summed E-state index contributed by atoms with van der Waals surface area (Å²) in [5.41, 5.74) is 0. The zero-order valence-electron chi connectivity index (χ0n) is 6.01. The Balaban J connectivity index is 3.14. The molecule has 0 N–H and O–H groups in total. The van der Waals surface area contributed by atoms with E-state index >= 15 is 0 Å². The lowest BCUT2D eigenvalue weighted by atomic mass is 10.3. The van der Waals surface area contributed by atoms with Crippen molar-refractivity contribution in [2.24, 2.45) is 0 Å². The molecule has 0 unspecified atom stereocenters. The summed E-state index contributed by atoms with van der Waals surface area (Å²) in [5, 5.41) is 0. The Morgan fingerprint density at radius 3 is 2.56 bits per heavy atom. The molecule has 0 nitrogen and oxygen atoms in total. The van der Waals surface area contributed by atoms with Crippen molar-refractivity contribution in [3.8, 4) is 0 Å². The predicted octanol–water partition coefficient (Wildman–Crippen LogP) is 3.08. The Kier molecular flexibility index (Phi) is 6.59. The molecule has 0 aliphatic carbocycles. The van der Waals surface area contributed by atoms with Crippen molar-refractivity contribution in [2.45, 2.75) is 19.8 Å². The smallest absolute Gasteiger partial charge is 0.0313 e. The van der Waals surface area contributed by atoms with Crippen molar-refractivity contribution in [3.05, 3.63) is 37.0 Å². The quantitative estimate of drug-likeness (QED) is 0.305. The molecule has 0 radical (unpaired) electrons. The van der Waals surface area contributed by atoms with Crippen LogP contribution in [-0.4, -0.2) is 0 Å². The van der Waals surface area contributed by atoms with E-state index in [1.807, 2.05) is 25.2 Å². The molecule has 0 aliphatic heterocycles. The molecule has 0 heteroatoms. The first-order valence-electron chi connectivity index (χ1n) is 3.30. The van der Waals surface area contributed by atoms with Gasteiger partial charge in [0.1, 0.15) is 0 Å².